The van der Waals surface area contributed by atoms with Gasteiger partial charge < -0.3 is 5.73 Å². The smallest absolute Gasteiger partial charge is 0.106 e. The Morgan fingerprint density at radius 1 is 1.00 bits per heavy atom. The van der Waals surface area contributed by atoms with E-state index >= 15 is 0 Å². The van der Waals surface area contributed by atoms with Gasteiger partial charge in [0.1, 0.15) is 5.52 Å². The zero-order valence-electron chi connectivity index (χ0n) is 10.4. The molecule has 2 aromatic carbocycles. The quantitative estimate of drug-likeness (QED) is 0.692. The Kier molecular flexibility index (Phi) is 2.95. The topological polar surface area (TPSA) is 51.8 Å². The molecule has 0 aliphatic carbocycles. The molecule has 0 spiro atoms. The first-order valence-corrected chi connectivity index (χ1v) is 6.74. The van der Waals surface area contributed by atoms with Crippen molar-refractivity contribution >= 4 is 32.7 Å². The summed E-state index contributed by atoms with van der Waals surface area (Å²) in [4.78, 5) is 9.32. The average molecular weight is 314 g/mol. The van der Waals surface area contributed by atoms with Gasteiger partial charge in [-0.15, -0.1) is 0 Å². The third-order valence-electron chi connectivity index (χ3n) is 3.03. The van der Waals surface area contributed by atoms with Crippen molar-refractivity contribution in [1.29, 1.82) is 0 Å². The van der Waals surface area contributed by atoms with Crippen LogP contribution in [0, 0.1) is 6.92 Å². The number of nitrogen functional groups attached to an aromatic ring is 1. The lowest BCUT2D eigenvalue weighted by Gasteiger charge is -2.09. The molecule has 2 N–H and O–H groups in total. The van der Waals surface area contributed by atoms with Gasteiger partial charge in [-0.2, -0.15) is 0 Å². The number of hydrogen-bond acceptors (Lipinski definition) is 3. The van der Waals surface area contributed by atoms with E-state index < -0.39 is 0 Å². The highest BCUT2D eigenvalue weighted by Gasteiger charge is 2.10. The van der Waals surface area contributed by atoms with Crippen LogP contribution in [0.2, 0.25) is 0 Å². The molecular weight excluding hydrogens is 302 g/mol. The molecule has 1 aromatic heterocycles. The number of halogens is 1. The maximum atomic E-state index is 5.90. The van der Waals surface area contributed by atoms with Crippen molar-refractivity contribution in [3.8, 4) is 11.3 Å². The van der Waals surface area contributed by atoms with Gasteiger partial charge in [0, 0.05) is 11.3 Å². The van der Waals surface area contributed by atoms with E-state index in [1.54, 1.807) is 0 Å². The summed E-state index contributed by atoms with van der Waals surface area (Å²) in [7, 11) is 0. The molecule has 19 heavy (non-hydrogen) atoms. The fraction of sp³-hybridized carbons (Fsp3) is 0.0667. The molecule has 4 heteroatoms. The minimum Gasteiger partial charge on any atom is -0.398 e. The van der Waals surface area contributed by atoms with Crippen LogP contribution < -0.4 is 5.73 Å². The number of aryl methyl sites for hydroxylation is 1. The molecule has 0 radical (unpaired) electrons. The molecule has 0 aliphatic heterocycles. The normalized spacial score (nSPS) is 10.8. The largest absolute Gasteiger partial charge is 0.398 e. The molecule has 0 fully saturated rings. The Balaban J connectivity index is 2.32. The standard InChI is InChI=1S/C15H12BrN3/c1-9-14(10-5-3-2-4-6-10)19-15-12(18-9)8-7-11(17)13(15)16/h2-8H,17H2,1H3. The summed E-state index contributed by atoms with van der Waals surface area (Å²) in [5.74, 6) is 0. The molecule has 0 aliphatic rings. The minimum absolute atomic E-state index is 0.671. The van der Waals surface area contributed by atoms with Crippen molar-refractivity contribution in [3.05, 3.63) is 52.6 Å². The molecule has 0 saturated heterocycles. The maximum Gasteiger partial charge on any atom is 0.106 e. The highest BCUT2D eigenvalue weighted by Crippen LogP contribution is 2.30. The average Bonchev–Trinajstić information content (AvgIpc) is 2.44. The maximum absolute atomic E-state index is 5.90. The summed E-state index contributed by atoms with van der Waals surface area (Å²) in [5, 5.41) is 0. The fourth-order valence-corrected chi connectivity index (χ4v) is 2.49. The van der Waals surface area contributed by atoms with Gasteiger partial charge in [-0.05, 0) is 35.0 Å². The van der Waals surface area contributed by atoms with Crippen LogP contribution in [-0.2, 0) is 0 Å². The molecule has 0 bridgehead atoms. The second-order valence-corrected chi connectivity index (χ2v) is 5.15. The molecule has 0 saturated carbocycles. The van der Waals surface area contributed by atoms with Crippen LogP contribution in [0.3, 0.4) is 0 Å². The Labute approximate surface area is 119 Å². The molecule has 0 amide bonds. The van der Waals surface area contributed by atoms with E-state index in [4.69, 9.17) is 10.7 Å². The number of aromatic nitrogens is 2. The molecule has 1 heterocycles. The number of benzene rings is 2. The van der Waals surface area contributed by atoms with Crippen LogP contribution >= 0.6 is 15.9 Å². The van der Waals surface area contributed by atoms with Gasteiger partial charge in [-0.3, -0.25) is 0 Å². The van der Waals surface area contributed by atoms with Crippen LogP contribution in [0.15, 0.2) is 46.9 Å². The Morgan fingerprint density at radius 3 is 2.47 bits per heavy atom. The number of fused-ring (bicyclic) bond motifs is 1. The number of anilines is 1. The van der Waals surface area contributed by atoms with E-state index in [1.807, 2.05) is 49.4 Å². The molecule has 3 rings (SSSR count). The Morgan fingerprint density at radius 2 is 1.74 bits per heavy atom. The van der Waals surface area contributed by atoms with Crippen molar-refractivity contribution in [3.63, 3.8) is 0 Å². The van der Waals surface area contributed by atoms with Crippen LogP contribution in [0.1, 0.15) is 5.69 Å². The molecule has 0 atom stereocenters. The zero-order valence-corrected chi connectivity index (χ0v) is 12.0. The van der Waals surface area contributed by atoms with Crippen LogP contribution in [0.4, 0.5) is 5.69 Å². The second kappa shape index (κ2) is 4.63. The van der Waals surface area contributed by atoms with Crippen LogP contribution in [-0.4, -0.2) is 9.97 Å². The SMILES string of the molecule is Cc1nc2ccc(N)c(Br)c2nc1-c1ccccc1. The molecule has 3 nitrogen and oxygen atoms in total. The van der Waals surface area contributed by atoms with Gasteiger partial charge in [0.05, 0.1) is 21.4 Å². The lowest BCUT2D eigenvalue weighted by atomic mass is 10.1. The fourth-order valence-electron chi connectivity index (χ4n) is 2.06. The van der Waals surface area contributed by atoms with E-state index in [2.05, 4.69) is 20.9 Å². The summed E-state index contributed by atoms with van der Waals surface area (Å²) >= 11 is 3.48. The summed E-state index contributed by atoms with van der Waals surface area (Å²) in [6, 6.07) is 13.8. The van der Waals surface area contributed by atoms with Gasteiger partial charge in [-0.25, -0.2) is 9.97 Å². The van der Waals surface area contributed by atoms with Gasteiger partial charge in [0.15, 0.2) is 0 Å². The zero-order chi connectivity index (χ0) is 13.4. The third-order valence-corrected chi connectivity index (χ3v) is 3.86. The van der Waals surface area contributed by atoms with Gasteiger partial charge in [0.2, 0.25) is 0 Å². The van der Waals surface area contributed by atoms with Crippen molar-refractivity contribution in [2.24, 2.45) is 0 Å². The summed E-state index contributed by atoms with van der Waals surface area (Å²) in [5.41, 5.74) is 11.1. The predicted molar refractivity (Wildman–Crippen MR) is 81.8 cm³/mol. The van der Waals surface area contributed by atoms with Crippen molar-refractivity contribution in [2.45, 2.75) is 6.92 Å². The first-order valence-electron chi connectivity index (χ1n) is 5.94. The lowest BCUT2D eigenvalue weighted by molar-refractivity contribution is 1.19. The molecule has 0 unspecified atom stereocenters. The third kappa shape index (κ3) is 2.08. The molecular formula is C15H12BrN3. The summed E-state index contributed by atoms with van der Waals surface area (Å²) in [6.45, 7) is 1.97. The highest BCUT2D eigenvalue weighted by molar-refractivity contribution is 9.10. The first-order chi connectivity index (χ1) is 9.16. The van der Waals surface area contributed by atoms with Gasteiger partial charge in [-0.1, -0.05) is 30.3 Å². The number of nitrogens with two attached hydrogens (primary N) is 1. The Hall–Kier alpha value is -1.94. The number of hydrogen-bond donors (Lipinski definition) is 1. The second-order valence-electron chi connectivity index (χ2n) is 4.36. The van der Waals surface area contributed by atoms with Crippen LogP contribution in [0.25, 0.3) is 22.3 Å². The van der Waals surface area contributed by atoms with E-state index in [0.29, 0.717) is 5.69 Å². The van der Waals surface area contributed by atoms with Gasteiger partial charge in [0.25, 0.3) is 0 Å². The van der Waals surface area contributed by atoms with Crippen molar-refractivity contribution in [2.75, 3.05) is 5.73 Å². The van der Waals surface area contributed by atoms with Crippen molar-refractivity contribution in [1.82, 2.24) is 9.97 Å². The monoisotopic (exact) mass is 313 g/mol. The summed E-state index contributed by atoms with van der Waals surface area (Å²) in [6.07, 6.45) is 0. The van der Waals surface area contributed by atoms with Crippen molar-refractivity contribution < 1.29 is 0 Å². The Bertz CT molecular complexity index is 754. The highest BCUT2D eigenvalue weighted by atomic mass is 79.9. The molecule has 94 valence electrons. The van der Waals surface area contributed by atoms with Gasteiger partial charge >= 0.3 is 0 Å². The molecule has 3 aromatic rings. The first kappa shape index (κ1) is 12.1. The number of rotatable bonds is 1. The number of nitrogens with zero attached hydrogens (tertiary/aromatic N) is 2. The van der Waals surface area contributed by atoms with Crippen LogP contribution in [0.5, 0.6) is 0 Å². The van der Waals surface area contributed by atoms with E-state index in [9.17, 15) is 0 Å². The predicted octanol–water partition coefficient (Wildman–Crippen LogP) is 3.95. The minimum atomic E-state index is 0.671. The van der Waals surface area contributed by atoms with E-state index in [0.717, 1.165) is 32.5 Å². The summed E-state index contributed by atoms with van der Waals surface area (Å²) < 4.78 is 0.801. The van der Waals surface area contributed by atoms with E-state index in [1.165, 1.54) is 0 Å². The lowest BCUT2D eigenvalue weighted by Crippen LogP contribution is -1.97. The van der Waals surface area contributed by atoms with E-state index in [-0.39, 0.29) is 0 Å².